The van der Waals surface area contributed by atoms with Crippen LogP contribution in [0.3, 0.4) is 0 Å². The maximum atomic E-state index is 13.7. The van der Waals surface area contributed by atoms with Crippen LogP contribution in [0.4, 0.5) is 9.18 Å². The van der Waals surface area contributed by atoms with Crippen molar-refractivity contribution < 1.29 is 23.5 Å². The molecule has 0 unspecified atom stereocenters. The Morgan fingerprint density at radius 3 is 2.64 bits per heavy atom. The number of amides is 2. The van der Waals surface area contributed by atoms with Gasteiger partial charge in [-0.25, -0.2) is 4.39 Å². The fourth-order valence-corrected chi connectivity index (χ4v) is 2.92. The molecule has 25 heavy (non-hydrogen) atoms. The van der Waals surface area contributed by atoms with Crippen LogP contribution in [0.2, 0.25) is 0 Å². The van der Waals surface area contributed by atoms with Gasteiger partial charge in [-0.15, -0.1) is 0 Å². The molecule has 0 radical (unpaired) electrons. The van der Waals surface area contributed by atoms with E-state index in [-0.39, 0.29) is 12.4 Å². The number of halogens is 1. The van der Waals surface area contributed by atoms with Crippen LogP contribution in [0.25, 0.3) is 6.08 Å². The van der Waals surface area contributed by atoms with Gasteiger partial charge in [0, 0.05) is 5.56 Å². The van der Waals surface area contributed by atoms with E-state index in [2.05, 4.69) is 5.32 Å². The summed E-state index contributed by atoms with van der Waals surface area (Å²) in [6.45, 7) is 0.0385. The molecule has 0 bridgehead atoms. The quantitative estimate of drug-likeness (QED) is 0.824. The minimum Gasteiger partial charge on any atom is -0.493 e. The first kappa shape index (κ1) is 17.0. The molecule has 0 aliphatic carbocycles. The molecule has 0 atom stereocenters. The zero-order valence-electron chi connectivity index (χ0n) is 13.2. The maximum Gasteiger partial charge on any atom is 0.290 e. The number of thioether (sulfide) groups is 1. The summed E-state index contributed by atoms with van der Waals surface area (Å²) in [4.78, 5) is 23.2. The minimum atomic E-state index is -0.431. The van der Waals surface area contributed by atoms with E-state index >= 15 is 0 Å². The van der Waals surface area contributed by atoms with Crippen molar-refractivity contribution in [2.75, 3.05) is 7.11 Å². The molecule has 1 aliphatic heterocycles. The molecule has 3 rings (SSSR count). The molecule has 1 saturated heterocycles. The molecule has 1 heterocycles. The van der Waals surface area contributed by atoms with Crippen molar-refractivity contribution in [1.82, 2.24) is 5.32 Å². The largest absolute Gasteiger partial charge is 0.493 e. The van der Waals surface area contributed by atoms with Gasteiger partial charge in [-0.05, 0) is 41.6 Å². The summed E-state index contributed by atoms with van der Waals surface area (Å²) in [5, 5.41) is 1.79. The number of nitrogens with one attached hydrogen (secondary N) is 1. The molecular weight excluding hydrogens is 345 g/mol. The second-order valence-electron chi connectivity index (χ2n) is 5.14. The Kier molecular flexibility index (Phi) is 5.04. The summed E-state index contributed by atoms with van der Waals surface area (Å²) in [7, 11) is 1.50. The summed E-state index contributed by atoms with van der Waals surface area (Å²) >= 11 is 0.836. The highest BCUT2D eigenvalue weighted by atomic mass is 32.2. The van der Waals surface area contributed by atoms with Crippen LogP contribution in [0.5, 0.6) is 11.5 Å². The van der Waals surface area contributed by atoms with Crippen molar-refractivity contribution in [2.24, 2.45) is 0 Å². The zero-order chi connectivity index (χ0) is 17.8. The SMILES string of the molecule is COc1ccc(/C=C2/SC(=O)NC2=O)cc1OCc1ccccc1F. The van der Waals surface area contributed by atoms with Gasteiger partial charge in [-0.2, -0.15) is 0 Å². The highest BCUT2D eigenvalue weighted by Crippen LogP contribution is 2.32. The number of hydrogen-bond acceptors (Lipinski definition) is 5. The third-order valence-electron chi connectivity index (χ3n) is 3.47. The molecule has 0 aromatic heterocycles. The Labute approximate surface area is 147 Å². The van der Waals surface area contributed by atoms with E-state index < -0.39 is 11.1 Å². The number of ether oxygens (including phenoxy) is 2. The van der Waals surface area contributed by atoms with Gasteiger partial charge < -0.3 is 9.47 Å². The lowest BCUT2D eigenvalue weighted by atomic mass is 10.1. The van der Waals surface area contributed by atoms with Crippen LogP contribution >= 0.6 is 11.8 Å². The van der Waals surface area contributed by atoms with E-state index in [9.17, 15) is 14.0 Å². The Bertz CT molecular complexity index is 866. The van der Waals surface area contributed by atoms with Crippen LogP contribution < -0.4 is 14.8 Å². The van der Waals surface area contributed by atoms with Crippen molar-refractivity contribution in [3.8, 4) is 11.5 Å². The summed E-state index contributed by atoms with van der Waals surface area (Å²) in [5.41, 5.74) is 1.08. The van der Waals surface area contributed by atoms with Crippen molar-refractivity contribution in [2.45, 2.75) is 6.61 Å². The van der Waals surface area contributed by atoms with E-state index in [1.807, 2.05) is 0 Å². The predicted molar refractivity (Wildman–Crippen MR) is 92.8 cm³/mol. The van der Waals surface area contributed by atoms with Gasteiger partial charge in [0.1, 0.15) is 12.4 Å². The normalized spacial score (nSPS) is 15.4. The first-order chi connectivity index (χ1) is 12.1. The number of rotatable bonds is 5. The molecule has 1 fully saturated rings. The monoisotopic (exact) mass is 359 g/mol. The highest BCUT2D eigenvalue weighted by Gasteiger charge is 2.25. The second-order valence-corrected chi connectivity index (χ2v) is 6.16. The molecular formula is C18H14FNO4S. The first-order valence-electron chi connectivity index (χ1n) is 7.36. The smallest absolute Gasteiger partial charge is 0.290 e. The van der Waals surface area contributed by atoms with Crippen LogP contribution in [-0.2, 0) is 11.4 Å². The van der Waals surface area contributed by atoms with E-state index in [0.717, 1.165) is 11.8 Å². The maximum absolute atomic E-state index is 13.7. The van der Waals surface area contributed by atoms with E-state index in [1.54, 1.807) is 42.5 Å². The number of hydrogen-bond donors (Lipinski definition) is 1. The van der Waals surface area contributed by atoms with Gasteiger partial charge >= 0.3 is 0 Å². The van der Waals surface area contributed by atoms with Gasteiger partial charge in [0.05, 0.1) is 12.0 Å². The van der Waals surface area contributed by atoms with E-state index in [4.69, 9.17) is 9.47 Å². The third kappa shape index (κ3) is 4.00. The second kappa shape index (κ2) is 7.40. The predicted octanol–water partition coefficient (Wildman–Crippen LogP) is 3.74. The molecule has 0 saturated carbocycles. The van der Waals surface area contributed by atoms with Crippen molar-refractivity contribution in [3.63, 3.8) is 0 Å². The Morgan fingerprint density at radius 2 is 1.96 bits per heavy atom. The fraction of sp³-hybridized carbons (Fsp3) is 0.111. The number of benzene rings is 2. The van der Waals surface area contributed by atoms with Gasteiger partial charge in [-0.3, -0.25) is 14.9 Å². The minimum absolute atomic E-state index is 0.0385. The number of carbonyl (C=O) groups is 2. The van der Waals surface area contributed by atoms with Gasteiger partial charge in [0.15, 0.2) is 11.5 Å². The summed E-state index contributed by atoms with van der Waals surface area (Å²) in [5.74, 6) is 0.116. The van der Waals surface area contributed by atoms with Crippen molar-refractivity contribution in [1.29, 1.82) is 0 Å². The molecule has 2 aromatic carbocycles. The topological polar surface area (TPSA) is 64.6 Å². The fourth-order valence-electron chi connectivity index (χ4n) is 2.24. The zero-order valence-corrected chi connectivity index (χ0v) is 14.1. The Hall–Kier alpha value is -2.80. The summed E-state index contributed by atoms with van der Waals surface area (Å²) in [6.07, 6.45) is 1.58. The summed E-state index contributed by atoms with van der Waals surface area (Å²) in [6, 6.07) is 11.4. The van der Waals surface area contributed by atoms with E-state index in [0.29, 0.717) is 27.5 Å². The Morgan fingerprint density at radius 1 is 1.16 bits per heavy atom. The molecule has 1 aliphatic rings. The van der Waals surface area contributed by atoms with Gasteiger partial charge in [0.25, 0.3) is 11.1 Å². The summed E-state index contributed by atoms with van der Waals surface area (Å²) < 4.78 is 24.6. The van der Waals surface area contributed by atoms with Crippen molar-refractivity contribution >= 4 is 29.0 Å². The Balaban J connectivity index is 1.83. The van der Waals surface area contributed by atoms with Crippen LogP contribution in [-0.4, -0.2) is 18.3 Å². The van der Waals surface area contributed by atoms with Gasteiger partial charge in [0.2, 0.25) is 0 Å². The number of methoxy groups -OCH3 is 1. The number of carbonyl (C=O) groups excluding carboxylic acids is 2. The average Bonchev–Trinajstić information content (AvgIpc) is 2.91. The van der Waals surface area contributed by atoms with Crippen LogP contribution in [0, 0.1) is 5.82 Å². The first-order valence-corrected chi connectivity index (χ1v) is 8.17. The molecule has 5 nitrogen and oxygen atoms in total. The molecule has 2 aromatic rings. The average molecular weight is 359 g/mol. The molecule has 7 heteroatoms. The molecule has 0 spiro atoms. The third-order valence-corrected chi connectivity index (χ3v) is 4.28. The lowest BCUT2D eigenvalue weighted by Gasteiger charge is -2.12. The lowest BCUT2D eigenvalue weighted by Crippen LogP contribution is -2.17. The molecule has 1 N–H and O–H groups in total. The molecule has 128 valence electrons. The highest BCUT2D eigenvalue weighted by molar-refractivity contribution is 8.18. The standard InChI is InChI=1S/C18H14FNO4S/c1-23-14-7-6-11(9-16-17(21)20-18(22)25-16)8-15(14)24-10-12-4-2-3-5-13(12)19/h2-9H,10H2,1H3,(H,20,21,22)/b16-9+. The molecule has 2 amide bonds. The van der Waals surface area contributed by atoms with Crippen LogP contribution in [0.1, 0.15) is 11.1 Å². The van der Waals surface area contributed by atoms with E-state index in [1.165, 1.54) is 13.2 Å². The van der Waals surface area contributed by atoms with Crippen molar-refractivity contribution in [3.05, 3.63) is 64.3 Å². The number of imide groups is 1. The van der Waals surface area contributed by atoms with Crippen LogP contribution in [0.15, 0.2) is 47.4 Å². The lowest BCUT2D eigenvalue weighted by molar-refractivity contribution is -0.115. The van der Waals surface area contributed by atoms with Gasteiger partial charge in [-0.1, -0.05) is 24.3 Å².